The zero-order valence-electron chi connectivity index (χ0n) is 20.6. The number of benzene rings is 3. The van der Waals surface area contributed by atoms with Gasteiger partial charge >= 0.3 is 0 Å². The number of hydrogen-bond acceptors (Lipinski definition) is 5. The van der Waals surface area contributed by atoms with Crippen LogP contribution in [0.2, 0.25) is 0 Å². The Bertz CT molecular complexity index is 1490. The average Bonchev–Trinajstić information content (AvgIpc) is 2.88. The molecular formula is C28H26N4O4S. The fourth-order valence-corrected chi connectivity index (χ4v) is 5.84. The first-order valence-corrected chi connectivity index (χ1v) is 13.2. The molecule has 1 saturated heterocycles. The van der Waals surface area contributed by atoms with Gasteiger partial charge in [0.05, 0.1) is 24.6 Å². The number of nitrogens with zero attached hydrogens (tertiary/aromatic N) is 4. The summed E-state index contributed by atoms with van der Waals surface area (Å²) in [7, 11) is -3.99. The Kier molecular flexibility index (Phi) is 7.58. The van der Waals surface area contributed by atoms with Crippen LogP contribution < -0.4 is 4.74 Å². The molecule has 188 valence electrons. The molecule has 3 aromatic carbocycles. The summed E-state index contributed by atoms with van der Waals surface area (Å²) in [6.45, 7) is 11.7. The van der Waals surface area contributed by atoms with Gasteiger partial charge in [0.15, 0.2) is 5.69 Å². The number of hydrogen-bond donors (Lipinski definition) is 0. The van der Waals surface area contributed by atoms with Crippen molar-refractivity contribution in [2.45, 2.75) is 25.2 Å². The van der Waals surface area contributed by atoms with Crippen LogP contribution in [0.25, 0.3) is 4.85 Å². The molecule has 0 bridgehead atoms. The first kappa shape index (κ1) is 25.9. The molecule has 0 unspecified atom stereocenters. The maximum absolute atomic E-state index is 13.6. The van der Waals surface area contributed by atoms with Gasteiger partial charge in [0.1, 0.15) is 16.4 Å². The van der Waals surface area contributed by atoms with Crippen molar-refractivity contribution in [1.82, 2.24) is 9.21 Å². The van der Waals surface area contributed by atoms with Crippen LogP contribution >= 0.6 is 0 Å². The normalized spacial score (nSPS) is 14.0. The zero-order chi connectivity index (χ0) is 26.6. The number of carbonyl (C=O) groups excluding carboxylic acids is 1. The van der Waals surface area contributed by atoms with Gasteiger partial charge in [0.25, 0.3) is 0 Å². The molecule has 3 aromatic rings. The second-order valence-corrected chi connectivity index (χ2v) is 10.8. The lowest BCUT2D eigenvalue weighted by atomic mass is 10.1. The highest BCUT2D eigenvalue weighted by Crippen LogP contribution is 2.33. The van der Waals surface area contributed by atoms with E-state index in [0.29, 0.717) is 11.4 Å². The fraction of sp³-hybridized carbons (Fsp3) is 0.250. The minimum absolute atomic E-state index is 0.0783. The highest BCUT2D eigenvalue weighted by molar-refractivity contribution is 7.89. The van der Waals surface area contributed by atoms with E-state index in [1.807, 2.05) is 38.1 Å². The van der Waals surface area contributed by atoms with Crippen LogP contribution in [-0.4, -0.2) is 49.7 Å². The number of carbonyl (C=O) groups is 1. The molecule has 1 aliphatic heterocycles. The van der Waals surface area contributed by atoms with Gasteiger partial charge in [-0.15, -0.1) is 0 Å². The lowest BCUT2D eigenvalue weighted by molar-refractivity contribution is -0.131. The van der Waals surface area contributed by atoms with E-state index < -0.39 is 10.0 Å². The van der Waals surface area contributed by atoms with Gasteiger partial charge in [0.2, 0.25) is 15.9 Å². The Balaban J connectivity index is 1.50. The first-order chi connectivity index (χ1) is 17.7. The van der Waals surface area contributed by atoms with E-state index in [1.165, 1.54) is 22.5 Å². The summed E-state index contributed by atoms with van der Waals surface area (Å²) < 4.78 is 34.6. The largest absolute Gasteiger partial charge is 0.456 e. The summed E-state index contributed by atoms with van der Waals surface area (Å²) in [6.07, 6.45) is 0.184. The monoisotopic (exact) mass is 514 g/mol. The van der Waals surface area contributed by atoms with Crippen LogP contribution in [0.5, 0.6) is 11.5 Å². The molecular weight excluding hydrogens is 488 g/mol. The number of nitriles is 1. The molecule has 0 N–H and O–H groups in total. The van der Waals surface area contributed by atoms with Crippen molar-refractivity contribution in [3.05, 3.63) is 94.3 Å². The van der Waals surface area contributed by atoms with Gasteiger partial charge in [-0.05, 0) is 60.9 Å². The Labute approximate surface area is 217 Å². The minimum Gasteiger partial charge on any atom is -0.456 e. The second kappa shape index (κ2) is 10.8. The molecule has 1 aliphatic rings. The fourth-order valence-electron chi connectivity index (χ4n) is 4.27. The standard InChI is InChI=1S/C28H26N4O4S/c1-20-14-21(2)16-25(15-20)36-26-9-6-23(19-29)17-27(26)37(34,35)32-12-10-31(11-13-32)28(33)18-22-4-7-24(30-3)8-5-22/h4-9,14-17H,10-13,18H2,1-2H3. The van der Waals surface area contributed by atoms with Gasteiger partial charge in [-0.25, -0.2) is 13.3 Å². The summed E-state index contributed by atoms with van der Waals surface area (Å²) in [5.41, 5.74) is 3.49. The maximum Gasteiger partial charge on any atom is 0.246 e. The molecule has 1 fully saturated rings. The topological polar surface area (TPSA) is 95.1 Å². The highest BCUT2D eigenvalue weighted by Gasteiger charge is 2.32. The van der Waals surface area contributed by atoms with Crippen LogP contribution in [0.3, 0.4) is 0 Å². The molecule has 9 heteroatoms. The Morgan fingerprint density at radius 2 is 1.65 bits per heavy atom. The molecule has 0 aliphatic carbocycles. The van der Waals surface area contributed by atoms with Crippen molar-refractivity contribution in [3.63, 3.8) is 0 Å². The molecule has 0 atom stereocenters. The van der Waals surface area contributed by atoms with Gasteiger partial charge in [-0.3, -0.25) is 4.79 Å². The summed E-state index contributed by atoms with van der Waals surface area (Å²) in [5, 5.41) is 9.38. The van der Waals surface area contributed by atoms with E-state index in [4.69, 9.17) is 11.3 Å². The second-order valence-electron chi connectivity index (χ2n) is 8.94. The summed E-state index contributed by atoms with van der Waals surface area (Å²) >= 11 is 0. The predicted octanol–water partition coefficient (Wildman–Crippen LogP) is 4.59. The van der Waals surface area contributed by atoms with E-state index >= 15 is 0 Å². The van der Waals surface area contributed by atoms with E-state index in [1.54, 1.807) is 29.2 Å². The number of piperazine rings is 1. The zero-order valence-corrected chi connectivity index (χ0v) is 21.5. The van der Waals surface area contributed by atoms with Gasteiger partial charge in [0, 0.05) is 26.2 Å². The highest BCUT2D eigenvalue weighted by atomic mass is 32.2. The van der Waals surface area contributed by atoms with Gasteiger partial charge < -0.3 is 9.64 Å². The molecule has 0 aromatic heterocycles. The van der Waals surface area contributed by atoms with Gasteiger partial charge in [-0.2, -0.15) is 9.57 Å². The molecule has 4 rings (SSSR count). The summed E-state index contributed by atoms with van der Waals surface area (Å²) in [6, 6.07) is 18.8. The molecule has 37 heavy (non-hydrogen) atoms. The first-order valence-electron chi connectivity index (χ1n) is 11.7. The molecule has 0 spiro atoms. The molecule has 0 saturated carbocycles. The number of rotatable bonds is 6. The van der Waals surface area contributed by atoms with Gasteiger partial charge in [-0.1, -0.05) is 30.3 Å². The molecule has 8 nitrogen and oxygen atoms in total. The third kappa shape index (κ3) is 5.97. The van der Waals surface area contributed by atoms with E-state index in [-0.39, 0.29) is 54.7 Å². The average molecular weight is 515 g/mol. The Hall–Kier alpha value is -4.18. The number of sulfonamides is 1. The Morgan fingerprint density at radius 1 is 1.00 bits per heavy atom. The Morgan fingerprint density at radius 3 is 2.24 bits per heavy atom. The van der Waals surface area contributed by atoms with Crippen LogP contribution in [0.4, 0.5) is 5.69 Å². The number of amides is 1. The maximum atomic E-state index is 13.6. The molecule has 0 radical (unpaired) electrons. The summed E-state index contributed by atoms with van der Waals surface area (Å²) in [5.74, 6) is 0.557. The van der Waals surface area contributed by atoms with E-state index in [2.05, 4.69) is 4.85 Å². The van der Waals surface area contributed by atoms with Crippen molar-refractivity contribution >= 4 is 21.6 Å². The number of aryl methyl sites for hydroxylation is 2. The van der Waals surface area contributed by atoms with Crippen LogP contribution in [0.1, 0.15) is 22.3 Å². The third-order valence-electron chi connectivity index (χ3n) is 6.13. The van der Waals surface area contributed by atoms with E-state index in [0.717, 1.165) is 16.7 Å². The van der Waals surface area contributed by atoms with Crippen molar-refractivity contribution in [3.8, 4) is 17.6 Å². The summed E-state index contributed by atoms with van der Waals surface area (Å²) in [4.78, 5) is 17.7. The third-order valence-corrected chi connectivity index (χ3v) is 8.05. The molecule has 1 amide bonds. The quantitative estimate of drug-likeness (QED) is 0.448. The lowest BCUT2D eigenvalue weighted by Crippen LogP contribution is -2.50. The van der Waals surface area contributed by atoms with Crippen LogP contribution in [0.15, 0.2) is 65.6 Å². The van der Waals surface area contributed by atoms with Crippen molar-refractivity contribution < 1.29 is 17.9 Å². The molecule has 1 heterocycles. The van der Waals surface area contributed by atoms with Crippen molar-refractivity contribution in [2.75, 3.05) is 26.2 Å². The van der Waals surface area contributed by atoms with Crippen molar-refractivity contribution in [2.24, 2.45) is 0 Å². The minimum atomic E-state index is -3.99. The van der Waals surface area contributed by atoms with E-state index in [9.17, 15) is 18.5 Å². The smallest absolute Gasteiger partial charge is 0.246 e. The lowest BCUT2D eigenvalue weighted by Gasteiger charge is -2.34. The van der Waals surface area contributed by atoms with Crippen LogP contribution in [0, 0.1) is 31.8 Å². The van der Waals surface area contributed by atoms with Crippen LogP contribution in [-0.2, 0) is 21.2 Å². The predicted molar refractivity (Wildman–Crippen MR) is 139 cm³/mol. The number of ether oxygens (including phenoxy) is 1. The van der Waals surface area contributed by atoms with Crippen molar-refractivity contribution in [1.29, 1.82) is 5.26 Å². The SMILES string of the molecule is [C-]#[N+]c1ccc(CC(=O)N2CCN(S(=O)(=O)c3cc(C#N)ccc3Oc3cc(C)cc(C)c3)CC2)cc1.